The lowest BCUT2D eigenvalue weighted by atomic mass is 9.89. The SMILES string of the molecule is CCOC(=O)C1=C(C)Nc2c(c(NNC(=O)c3ccc(OC)cc3)nc(=O)n2C2CC2)C1C. The number of anilines is 2. The van der Waals surface area contributed by atoms with Crippen LogP contribution in [0.25, 0.3) is 0 Å². The number of amides is 1. The summed E-state index contributed by atoms with van der Waals surface area (Å²) < 4.78 is 12.0. The van der Waals surface area contributed by atoms with Crippen LogP contribution in [0.15, 0.2) is 40.3 Å². The van der Waals surface area contributed by atoms with Crippen LogP contribution < -0.4 is 26.6 Å². The van der Waals surface area contributed by atoms with Crippen LogP contribution in [0.4, 0.5) is 11.6 Å². The Morgan fingerprint density at radius 2 is 1.94 bits per heavy atom. The summed E-state index contributed by atoms with van der Waals surface area (Å²) in [6, 6.07) is 6.67. The van der Waals surface area contributed by atoms with E-state index in [4.69, 9.17) is 9.47 Å². The second-order valence-corrected chi connectivity index (χ2v) is 8.02. The first-order valence-electron chi connectivity index (χ1n) is 10.9. The lowest BCUT2D eigenvalue weighted by molar-refractivity contribution is -0.138. The molecule has 0 saturated heterocycles. The number of fused-ring (bicyclic) bond motifs is 1. The van der Waals surface area contributed by atoms with Crippen molar-refractivity contribution in [2.75, 3.05) is 24.5 Å². The summed E-state index contributed by atoms with van der Waals surface area (Å²) in [6.07, 6.45) is 1.77. The number of hydrogen-bond donors (Lipinski definition) is 3. The third-order valence-electron chi connectivity index (χ3n) is 5.79. The predicted molar refractivity (Wildman–Crippen MR) is 122 cm³/mol. The van der Waals surface area contributed by atoms with E-state index in [0.717, 1.165) is 12.8 Å². The quantitative estimate of drug-likeness (QED) is 0.432. The molecule has 174 valence electrons. The third-order valence-corrected chi connectivity index (χ3v) is 5.79. The van der Waals surface area contributed by atoms with Gasteiger partial charge in [0, 0.05) is 28.8 Å². The van der Waals surface area contributed by atoms with Crippen LogP contribution in [0.2, 0.25) is 0 Å². The van der Waals surface area contributed by atoms with E-state index in [0.29, 0.717) is 34.0 Å². The molecule has 1 atom stereocenters. The Labute approximate surface area is 191 Å². The minimum atomic E-state index is -0.432. The molecule has 33 heavy (non-hydrogen) atoms. The van der Waals surface area contributed by atoms with Crippen molar-refractivity contribution in [2.45, 2.75) is 45.6 Å². The fourth-order valence-corrected chi connectivity index (χ4v) is 4.04. The molecule has 1 unspecified atom stereocenters. The smallest absolute Gasteiger partial charge is 0.351 e. The number of carbonyl (C=O) groups excluding carboxylic acids is 2. The Morgan fingerprint density at radius 1 is 1.24 bits per heavy atom. The largest absolute Gasteiger partial charge is 0.497 e. The zero-order valence-corrected chi connectivity index (χ0v) is 19.0. The fourth-order valence-electron chi connectivity index (χ4n) is 4.04. The number of allylic oxidation sites excluding steroid dienone is 1. The monoisotopic (exact) mass is 453 g/mol. The second kappa shape index (κ2) is 8.97. The minimum absolute atomic E-state index is 0.0679. The Kier molecular flexibility index (Phi) is 6.08. The van der Waals surface area contributed by atoms with E-state index in [1.54, 1.807) is 49.8 Å². The van der Waals surface area contributed by atoms with Crippen LogP contribution in [-0.2, 0) is 9.53 Å². The summed E-state index contributed by atoms with van der Waals surface area (Å²) >= 11 is 0. The highest BCUT2D eigenvalue weighted by molar-refractivity contribution is 5.96. The van der Waals surface area contributed by atoms with Gasteiger partial charge in [-0.15, -0.1) is 0 Å². The average molecular weight is 453 g/mol. The molecule has 1 aliphatic heterocycles. The van der Waals surface area contributed by atoms with E-state index < -0.39 is 23.5 Å². The molecule has 2 heterocycles. The van der Waals surface area contributed by atoms with Crippen molar-refractivity contribution < 1.29 is 19.1 Å². The van der Waals surface area contributed by atoms with E-state index in [-0.39, 0.29) is 18.5 Å². The normalized spacial score (nSPS) is 17.0. The Morgan fingerprint density at radius 3 is 2.55 bits per heavy atom. The molecule has 10 heteroatoms. The lowest BCUT2D eigenvalue weighted by Gasteiger charge is -2.30. The molecule has 1 aromatic carbocycles. The number of carbonyl (C=O) groups is 2. The van der Waals surface area contributed by atoms with Crippen molar-refractivity contribution in [3.05, 3.63) is 57.1 Å². The highest BCUT2D eigenvalue weighted by Gasteiger charge is 2.37. The first-order chi connectivity index (χ1) is 15.8. The molecule has 3 N–H and O–H groups in total. The molecule has 1 saturated carbocycles. The minimum Gasteiger partial charge on any atom is -0.497 e. The molecule has 2 aromatic rings. The lowest BCUT2D eigenvalue weighted by Crippen LogP contribution is -2.36. The fraction of sp³-hybridized carbons (Fsp3) is 0.391. The molecule has 10 nitrogen and oxygen atoms in total. The Bertz CT molecular complexity index is 1180. The first kappa shape index (κ1) is 22.4. The maximum absolute atomic E-state index is 12.8. The van der Waals surface area contributed by atoms with Crippen molar-refractivity contribution in [1.29, 1.82) is 0 Å². The predicted octanol–water partition coefficient (Wildman–Crippen LogP) is 2.71. The van der Waals surface area contributed by atoms with Crippen molar-refractivity contribution >= 4 is 23.5 Å². The number of hydrogen-bond acceptors (Lipinski definition) is 8. The van der Waals surface area contributed by atoms with Gasteiger partial charge in [-0.05, 0) is 51.0 Å². The summed E-state index contributed by atoms with van der Waals surface area (Å²) in [6.45, 7) is 5.64. The molecule has 0 spiro atoms. The summed E-state index contributed by atoms with van der Waals surface area (Å²) in [5.74, 6) is 0.137. The number of methoxy groups -OCH3 is 1. The summed E-state index contributed by atoms with van der Waals surface area (Å²) in [4.78, 5) is 42.3. The van der Waals surface area contributed by atoms with Crippen LogP contribution >= 0.6 is 0 Å². The zero-order chi connectivity index (χ0) is 23.7. The van der Waals surface area contributed by atoms with Gasteiger partial charge >= 0.3 is 11.7 Å². The van der Waals surface area contributed by atoms with Crippen LogP contribution in [-0.4, -0.2) is 35.1 Å². The Balaban J connectivity index is 1.68. The molecule has 0 radical (unpaired) electrons. The topological polar surface area (TPSA) is 124 Å². The molecule has 2 aliphatic rings. The number of aromatic nitrogens is 2. The van der Waals surface area contributed by atoms with Crippen molar-refractivity contribution in [3.8, 4) is 5.75 Å². The van der Waals surface area contributed by atoms with Crippen molar-refractivity contribution in [2.24, 2.45) is 0 Å². The number of nitrogens with zero attached hydrogens (tertiary/aromatic N) is 2. The van der Waals surface area contributed by atoms with Gasteiger partial charge in [0.2, 0.25) is 0 Å². The molecule has 1 aromatic heterocycles. The van der Waals surface area contributed by atoms with Gasteiger partial charge in [0.15, 0.2) is 5.82 Å². The zero-order valence-electron chi connectivity index (χ0n) is 19.0. The van der Waals surface area contributed by atoms with E-state index in [1.165, 1.54) is 0 Å². The van der Waals surface area contributed by atoms with Gasteiger partial charge in [0.05, 0.1) is 19.3 Å². The highest BCUT2D eigenvalue weighted by atomic mass is 16.5. The van der Waals surface area contributed by atoms with Gasteiger partial charge in [-0.1, -0.05) is 6.92 Å². The van der Waals surface area contributed by atoms with Gasteiger partial charge in [0.1, 0.15) is 11.6 Å². The van der Waals surface area contributed by atoms with E-state index in [9.17, 15) is 14.4 Å². The molecule has 4 rings (SSSR count). The number of esters is 1. The van der Waals surface area contributed by atoms with Crippen LogP contribution in [0, 0.1) is 0 Å². The van der Waals surface area contributed by atoms with Gasteiger partial charge in [-0.3, -0.25) is 20.2 Å². The highest BCUT2D eigenvalue weighted by Crippen LogP contribution is 2.44. The molecular formula is C23H27N5O5. The van der Waals surface area contributed by atoms with Crippen LogP contribution in [0.1, 0.15) is 61.5 Å². The number of ether oxygens (including phenoxy) is 2. The second-order valence-electron chi connectivity index (χ2n) is 8.02. The molecular weight excluding hydrogens is 426 g/mol. The number of nitrogens with one attached hydrogen (secondary N) is 3. The van der Waals surface area contributed by atoms with E-state index >= 15 is 0 Å². The first-order valence-corrected chi connectivity index (χ1v) is 10.9. The molecule has 1 fully saturated rings. The molecule has 1 aliphatic carbocycles. The number of benzene rings is 1. The summed E-state index contributed by atoms with van der Waals surface area (Å²) in [5.41, 5.74) is 7.06. The van der Waals surface area contributed by atoms with Gasteiger partial charge in [-0.25, -0.2) is 9.59 Å². The van der Waals surface area contributed by atoms with Gasteiger partial charge < -0.3 is 14.8 Å². The average Bonchev–Trinajstić information content (AvgIpc) is 3.62. The van der Waals surface area contributed by atoms with Crippen LogP contribution in [0.3, 0.4) is 0 Å². The van der Waals surface area contributed by atoms with Gasteiger partial charge in [-0.2, -0.15) is 4.98 Å². The number of hydrazine groups is 1. The summed E-state index contributed by atoms with van der Waals surface area (Å²) in [5, 5.41) is 3.22. The Hall–Kier alpha value is -3.82. The van der Waals surface area contributed by atoms with E-state index in [2.05, 4.69) is 21.2 Å². The standard InChI is InChI=1S/C23H27N5O5/c1-5-33-22(30)17-12(2)18-19(26-27-21(29)14-6-10-16(32-4)11-7-14)25-23(31)28(15-8-9-15)20(18)24-13(17)3/h6-7,10-12,15,24H,5,8-9H2,1-4H3,(H,27,29)(H,25,26,31). The maximum Gasteiger partial charge on any atom is 0.351 e. The summed E-state index contributed by atoms with van der Waals surface area (Å²) in [7, 11) is 1.55. The molecule has 1 amide bonds. The molecule has 0 bridgehead atoms. The number of rotatable bonds is 7. The van der Waals surface area contributed by atoms with Crippen molar-refractivity contribution in [3.63, 3.8) is 0 Å². The van der Waals surface area contributed by atoms with Crippen LogP contribution in [0.5, 0.6) is 5.75 Å². The van der Waals surface area contributed by atoms with Gasteiger partial charge in [0.25, 0.3) is 5.91 Å². The maximum atomic E-state index is 12.8. The van der Waals surface area contributed by atoms with Crippen molar-refractivity contribution in [1.82, 2.24) is 15.0 Å². The van der Waals surface area contributed by atoms with E-state index in [1.807, 2.05) is 6.92 Å². The third kappa shape index (κ3) is 4.28.